The summed E-state index contributed by atoms with van der Waals surface area (Å²) in [6, 6.07) is 24.5. The zero-order chi connectivity index (χ0) is 30.0. The molecule has 4 heterocycles. The van der Waals surface area contributed by atoms with Crippen molar-refractivity contribution in [3.8, 4) is 33.8 Å². The summed E-state index contributed by atoms with van der Waals surface area (Å²) in [6.45, 7) is 8.96. The van der Waals surface area contributed by atoms with Gasteiger partial charge in [-0.15, -0.1) is 0 Å². The van der Waals surface area contributed by atoms with Crippen molar-refractivity contribution in [3.05, 3.63) is 85.2 Å². The van der Waals surface area contributed by atoms with E-state index in [0.29, 0.717) is 13.2 Å². The number of hydrogen-bond acceptors (Lipinski definition) is 8. The van der Waals surface area contributed by atoms with Crippen molar-refractivity contribution >= 4 is 21.8 Å². The van der Waals surface area contributed by atoms with Crippen LogP contribution in [-0.2, 0) is 18.9 Å². The Morgan fingerprint density at radius 3 is 1.34 bits per heavy atom. The fourth-order valence-corrected chi connectivity index (χ4v) is 5.66. The number of hydrogen-bond donors (Lipinski definition) is 0. The smallest absolute Gasteiger partial charge is 0.189 e. The van der Waals surface area contributed by atoms with Gasteiger partial charge in [0.2, 0.25) is 0 Å². The molecule has 2 fully saturated rings. The summed E-state index contributed by atoms with van der Waals surface area (Å²) in [5.41, 5.74) is 6.28. The summed E-state index contributed by atoms with van der Waals surface area (Å²) >= 11 is 0. The highest BCUT2D eigenvalue weighted by molar-refractivity contribution is 6.11. The van der Waals surface area contributed by atoms with Gasteiger partial charge in [0.05, 0.1) is 50.7 Å². The fraction of sp³-hybridized carbons (Fsp3) is 0.333. The van der Waals surface area contributed by atoms with Crippen LogP contribution in [0.4, 0.5) is 0 Å². The van der Waals surface area contributed by atoms with Crippen LogP contribution < -0.4 is 9.47 Å². The molecule has 7 rings (SSSR count). The maximum atomic E-state index is 5.81. The second-order valence-corrected chi connectivity index (χ2v) is 12.5. The minimum absolute atomic E-state index is 0.106. The molecule has 0 saturated carbocycles. The minimum Gasteiger partial charge on any atom is -0.468 e. The summed E-state index contributed by atoms with van der Waals surface area (Å²) in [6.07, 6.45) is 3.70. The van der Waals surface area contributed by atoms with Crippen LogP contribution in [0.5, 0.6) is 11.5 Å². The summed E-state index contributed by atoms with van der Waals surface area (Å²) < 4.78 is 33.6. The van der Waals surface area contributed by atoms with Crippen LogP contribution in [0.1, 0.15) is 13.8 Å². The topological polar surface area (TPSA) is 81.2 Å². The quantitative estimate of drug-likeness (QED) is 0.0880. The third-order valence-electron chi connectivity index (χ3n) is 8.27. The second kappa shape index (κ2) is 12.1. The lowest BCUT2D eigenvalue weighted by Crippen LogP contribution is -2.43. The second-order valence-electron chi connectivity index (χ2n) is 12.5. The summed E-state index contributed by atoms with van der Waals surface area (Å²) in [4.78, 5) is 9.52. The van der Waals surface area contributed by atoms with E-state index in [-0.39, 0.29) is 24.4 Å². The van der Waals surface area contributed by atoms with Crippen molar-refractivity contribution in [2.45, 2.75) is 13.8 Å². The van der Waals surface area contributed by atoms with Gasteiger partial charge in [0.15, 0.2) is 13.6 Å². The molecule has 2 aliphatic rings. The minimum atomic E-state index is 0.106. The van der Waals surface area contributed by atoms with E-state index in [4.69, 9.17) is 38.4 Å². The van der Waals surface area contributed by atoms with Gasteiger partial charge in [-0.3, -0.25) is 9.97 Å². The molecule has 3 aromatic carbocycles. The van der Waals surface area contributed by atoms with Gasteiger partial charge >= 0.3 is 0 Å². The highest BCUT2D eigenvalue weighted by Gasteiger charge is 2.34. The third kappa shape index (κ3) is 5.99. The van der Waals surface area contributed by atoms with Crippen LogP contribution in [0.15, 0.2) is 85.2 Å². The van der Waals surface area contributed by atoms with E-state index in [1.54, 1.807) is 0 Å². The van der Waals surface area contributed by atoms with Gasteiger partial charge in [-0.25, -0.2) is 0 Å². The molecule has 44 heavy (non-hydrogen) atoms. The zero-order valence-electron chi connectivity index (χ0n) is 25.1. The van der Waals surface area contributed by atoms with E-state index in [2.05, 4.69) is 50.2 Å². The van der Waals surface area contributed by atoms with Crippen LogP contribution >= 0.6 is 0 Å². The van der Waals surface area contributed by atoms with Crippen LogP contribution in [0, 0.1) is 10.8 Å². The molecular formula is C36H36N2O6. The van der Waals surface area contributed by atoms with Crippen molar-refractivity contribution in [2.75, 3.05) is 53.2 Å². The van der Waals surface area contributed by atoms with Gasteiger partial charge in [-0.05, 0) is 58.7 Å². The number of nitrogens with zero attached hydrogens (tertiary/aromatic N) is 2. The number of pyridine rings is 2. The molecule has 0 spiro atoms. The molecule has 0 unspecified atom stereocenters. The number of ether oxygens (including phenoxy) is 6. The molecule has 2 saturated heterocycles. The molecule has 8 heteroatoms. The van der Waals surface area contributed by atoms with Gasteiger partial charge < -0.3 is 28.4 Å². The van der Waals surface area contributed by atoms with Crippen molar-refractivity contribution in [1.29, 1.82) is 0 Å². The van der Waals surface area contributed by atoms with Gasteiger partial charge in [0, 0.05) is 34.0 Å². The Kier molecular flexibility index (Phi) is 7.91. The van der Waals surface area contributed by atoms with Gasteiger partial charge in [-0.1, -0.05) is 50.2 Å². The fourth-order valence-electron chi connectivity index (χ4n) is 5.66. The van der Waals surface area contributed by atoms with Crippen LogP contribution in [0.3, 0.4) is 0 Å². The molecule has 226 valence electrons. The third-order valence-corrected chi connectivity index (χ3v) is 8.27. The van der Waals surface area contributed by atoms with Gasteiger partial charge in [0.1, 0.15) is 11.5 Å². The predicted molar refractivity (Wildman–Crippen MR) is 169 cm³/mol. The number of fused-ring (bicyclic) bond motifs is 3. The standard InChI is InChI=1S/C36H36N2O6/c1-35(17-39-18-35)21-41-23-43-27-7-3-25(4-8-27)29-13-15-37-33-31(29)11-12-32-30(14-16-38-34(32)33)26-5-9-28(10-6-26)44-24-42-22-36(2)19-40-20-36/h3-16H,17-24H2,1-2H3. The van der Waals surface area contributed by atoms with E-state index in [1.165, 1.54) is 0 Å². The number of benzene rings is 3. The Hall–Kier alpha value is -4.08. The number of aromatic nitrogens is 2. The average Bonchev–Trinajstić information content (AvgIpc) is 3.03. The maximum absolute atomic E-state index is 5.81. The van der Waals surface area contributed by atoms with Gasteiger partial charge in [0.25, 0.3) is 0 Å². The molecule has 8 nitrogen and oxygen atoms in total. The van der Waals surface area contributed by atoms with Crippen molar-refractivity contribution in [1.82, 2.24) is 9.97 Å². The molecule has 0 amide bonds. The lowest BCUT2D eigenvalue weighted by atomic mass is 9.90. The molecule has 5 aromatic rings. The van der Waals surface area contributed by atoms with E-state index in [9.17, 15) is 0 Å². The Labute approximate surface area is 256 Å². The SMILES string of the molecule is CC1(COCOc2ccc(-c3ccnc4c3ccc3c(-c5ccc(OCOCC6(C)COC6)cc5)ccnc34)cc2)COC1. The van der Waals surface area contributed by atoms with E-state index >= 15 is 0 Å². The first-order valence-electron chi connectivity index (χ1n) is 14.9. The lowest BCUT2D eigenvalue weighted by molar-refractivity contribution is -0.151. The van der Waals surface area contributed by atoms with E-state index in [1.807, 2.05) is 48.8 Å². The Morgan fingerprint density at radius 2 is 0.977 bits per heavy atom. The first kappa shape index (κ1) is 28.7. The first-order chi connectivity index (χ1) is 21.5. The van der Waals surface area contributed by atoms with Crippen LogP contribution in [0.2, 0.25) is 0 Å². The summed E-state index contributed by atoms with van der Waals surface area (Å²) in [5.74, 6) is 1.53. The van der Waals surface area contributed by atoms with E-state index < -0.39 is 0 Å². The highest BCUT2D eigenvalue weighted by atomic mass is 16.7. The van der Waals surface area contributed by atoms with Crippen LogP contribution in [0.25, 0.3) is 44.1 Å². The Bertz CT molecular complexity index is 1620. The zero-order valence-corrected chi connectivity index (χ0v) is 25.1. The summed E-state index contributed by atoms with van der Waals surface area (Å²) in [7, 11) is 0. The normalized spacial score (nSPS) is 16.8. The van der Waals surface area contributed by atoms with E-state index in [0.717, 1.165) is 82.0 Å². The Morgan fingerprint density at radius 1 is 0.568 bits per heavy atom. The molecule has 2 aromatic heterocycles. The molecular weight excluding hydrogens is 556 g/mol. The molecule has 0 bridgehead atoms. The first-order valence-corrected chi connectivity index (χ1v) is 14.9. The lowest BCUT2D eigenvalue weighted by Gasteiger charge is -2.37. The molecule has 0 aliphatic carbocycles. The Balaban J connectivity index is 1.05. The van der Waals surface area contributed by atoms with Crippen molar-refractivity contribution < 1.29 is 28.4 Å². The van der Waals surface area contributed by atoms with Crippen LogP contribution in [-0.4, -0.2) is 63.2 Å². The molecule has 2 aliphatic heterocycles. The average molecular weight is 593 g/mol. The molecule has 0 radical (unpaired) electrons. The number of rotatable bonds is 12. The van der Waals surface area contributed by atoms with Crippen molar-refractivity contribution in [3.63, 3.8) is 0 Å². The molecule has 0 atom stereocenters. The largest absolute Gasteiger partial charge is 0.468 e. The van der Waals surface area contributed by atoms with Crippen molar-refractivity contribution in [2.24, 2.45) is 10.8 Å². The molecule has 0 N–H and O–H groups in total. The highest BCUT2D eigenvalue weighted by Crippen LogP contribution is 2.36. The monoisotopic (exact) mass is 592 g/mol. The predicted octanol–water partition coefficient (Wildman–Crippen LogP) is 6.90. The van der Waals surface area contributed by atoms with Gasteiger partial charge in [-0.2, -0.15) is 0 Å². The maximum Gasteiger partial charge on any atom is 0.189 e. The summed E-state index contributed by atoms with van der Waals surface area (Å²) in [5, 5.41) is 2.09.